The maximum atomic E-state index is 12.2. The number of hydrazone groups is 1. The second kappa shape index (κ2) is 7.74. The average molecular weight is 351 g/mol. The van der Waals surface area contributed by atoms with Crippen LogP contribution in [0.15, 0.2) is 59.8 Å². The van der Waals surface area contributed by atoms with Gasteiger partial charge in [-0.15, -0.1) is 0 Å². The number of aromatic nitrogens is 1. The molecule has 0 atom stereocenters. The van der Waals surface area contributed by atoms with Gasteiger partial charge in [-0.3, -0.25) is 4.79 Å². The van der Waals surface area contributed by atoms with E-state index in [1.54, 1.807) is 20.3 Å². The van der Waals surface area contributed by atoms with Crippen molar-refractivity contribution in [2.24, 2.45) is 5.10 Å². The Hall–Kier alpha value is -3.28. The van der Waals surface area contributed by atoms with Gasteiger partial charge in [-0.2, -0.15) is 5.10 Å². The molecule has 1 heterocycles. The maximum Gasteiger partial charge on any atom is 0.259 e. The van der Waals surface area contributed by atoms with Gasteiger partial charge >= 0.3 is 0 Å². The molecule has 1 aromatic heterocycles. The van der Waals surface area contributed by atoms with Crippen LogP contribution >= 0.6 is 0 Å². The van der Waals surface area contributed by atoms with Crippen molar-refractivity contribution in [3.05, 3.63) is 60.3 Å². The molecule has 0 unspecified atom stereocenters. The monoisotopic (exact) mass is 351 g/mol. The van der Waals surface area contributed by atoms with Crippen molar-refractivity contribution in [1.82, 2.24) is 9.99 Å². The van der Waals surface area contributed by atoms with Crippen LogP contribution in [0.25, 0.3) is 10.9 Å². The van der Waals surface area contributed by atoms with Gasteiger partial charge in [0.25, 0.3) is 5.91 Å². The van der Waals surface area contributed by atoms with Crippen molar-refractivity contribution >= 4 is 22.5 Å². The second-order valence-corrected chi connectivity index (χ2v) is 5.80. The molecule has 0 fully saturated rings. The van der Waals surface area contributed by atoms with Crippen LogP contribution in [0.1, 0.15) is 12.5 Å². The van der Waals surface area contributed by atoms with Gasteiger partial charge in [-0.05, 0) is 42.6 Å². The van der Waals surface area contributed by atoms with E-state index in [1.807, 2.05) is 60.2 Å². The number of ether oxygens (including phenoxy) is 2. The third-order valence-corrected chi connectivity index (χ3v) is 4.14. The highest BCUT2D eigenvalue weighted by Crippen LogP contribution is 2.27. The predicted octanol–water partition coefficient (Wildman–Crippen LogP) is 3.20. The molecule has 134 valence electrons. The summed E-state index contributed by atoms with van der Waals surface area (Å²) in [4.78, 5) is 12.2. The SMILES string of the molecule is COc1ccc(/C(C)=N\NC(=O)Cn2ccc3ccccc32)cc1OC. The first-order chi connectivity index (χ1) is 12.6. The molecule has 1 amide bonds. The maximum absolute atomic E-state index is 12.2. The number of carbonyl (C=O) groups excluding carboxylic acids is 1. The van der Waals surface area contributed by atoms with E-state index in [-0.39, 0.29) is 12.5 Å². The van der Waals surface area contributed by atoms with Crippen molar-refractivity contribution in [1.29, 1.82) is 0 Å². The highest BCUT2D eigenvalue weighted by Gasteiger charge is 2.08. The molecule has 6 nitrogen and oxygen atoms in total. The molecule has 0 bridgehead atoms. The van der Waals surface area contributed by atoms with Crippen molar-refractivity contribution in [2.75, 3.05) is 14.2 Å². The molecule has 1 N–H and O–H groups in total. The first-order valence-electron chi connectivity index (χ1n) is 8.22. The lowest BCUT2D eigenvalue weighted by Gasteiger charge is -2.09. The van der Waals surface area contributed by atoms with Crippen molar-refractivity contribution in [3.63, 3.8) is 0 Å². The Balaban J connectivity index is 1.69. The fourth-order valence-electron chi connectivity index (χ4n) is 2.74. The molecule has 0 saturated heterocycles. The minimum Gasteiger partial charge on any atom is -0.493 e. The largest absolute Gasteiger partial charge is 0.493 e. The lowest BCUT2D eigenvalue weighted by Crippen LogP contribution is -2.24. The van der Waals surface area contributed by atoms with Crippen LogP contribution < -0.4 is 14.9 Å². The number of hydrogen-bond donors (Lipinski definition) is 1. The van der Waals surface area contributed by atoms with Crippen LogP contribution in [0.5, 0.6) is 11.5 Å². The van der Waals surface area contributed by atoms with Gasteiger partial charge in [0.2, 0.25) is 0 Å². The molecule has 2 aromatic carbocycles. The zero-order chi connectivity index (χ0) is 18.5. The average Bonchev–Trinajstić information content (AvgIpc) is 3.08. The summed E-state index contributed by atoms with van der Waals surface area (Å²) in [5.41, 5.74) is 5.14. The normalized spacial score (nSPS) is 11.4. The van der Waals surface area contributed by atoms with Crippen LogP contribution in [0.3, 0.4) is 0 Å². The second-order valence-electron chi connectivity index (χ2n) is 5.80. The zero-order valence-corrected chi connectivity index (χ0v) is 15.0. The van der Waals surface area contributed by atoms with Crippen molar-refractivity contribution in [3.8, 4) is 11.5 Å². The molecule has 26 heavy (non-hydrogen) atoms. The van der Waals surface area contributed by atoms with Gasteiger partial charge in [-0.1, -0.05) is 18.2 Å². The summed E-state index contributed by atoms with van der Waals surface area (Å²) in [5, 5.41) is 5.30. The Labute approximate surface area is 152 Å². The molecule has 0 spiro atoms. The smallest absolute Gasteiger partial charge is 0.259 e. The Bertz CT molecular complexity index is 960. The number of fused-ring (bicyclic) bond motifs is 1. The Kier molecular flexibility index (Phi) is 5.22. The first kappa shape index (κ1) is 17.5. The van der Waals surface area contributed by atoms with E-state index in [0.717, 1.165) is 16.5 Å². The molecule has 3 rings (SSSR count). The molecule has 6 heteroatoms. The number of hydrogen-bond acceptors (Lipinski definition) is 4. The van der Waals surface area contributed by atoms with Crippen molar-refractivity contribution < 1.29 is 14.3 Å². The Morgan fingerprint density at radius 2 is 1.85 bits per heavy atom. The summed E-state index contributed by atoms with van der Waals surface area (Å²) in [6.45, 7) is 2.03. The van der Waals surface area contributed by atoms with Crippen molar-refractivity contribution in [2.45, 2.75) is 13.5 Å². The highest BCUT2D eigenvalue weighted by molar-refractivity contribution is 5.99. The summed E-state index contributed by atoms with van der Waals surface area (Å²) < 4.78 is 12.4. The summed E-state index contributed by atoms with van der Waals surface area (Å²) in [7, 11) is 3.17. The molecule has 0 aliphatic carbocycles. The molecule has 3 aromatic rings. The number of benzene rings is 2. The van der Waals surface area contributed by atoms with Crippen LogP contribution in [0, 0.1) is 0 Å². The molecule has 0 aliphatic rings. The summed E-state index contributed by atoms with van der Waals surface area (Å²) in [5.74, 6) is 1.07. The Morgan fingerprint density at radius 3 is 2.62 bits per heavy atom. The summed E-state index contributed by atoms with van der Waals surface area (Å²) >= 11 is 0. The first-order valence-corrected chi connectivity index (χ1v) is 8.22. The van der Waals surface area contributed by atoms with Gasteiger partial charge in [0, 0.05) is 17.3 Å². The van der Waals surface area contributed by atoms with Gasteiger partial charge < -0.3 is 14.0 Å². The lowest BCUT2D eigenvalue weighted by atomic mass is 10.1. The third-order valence-electron chi connectivity index (χ3n) is 4.14. The molecular weight excluding hydrogens is 330 g/mol. The van der Waals surface area contributed by atoms with Crippen LogP contribution in [-0.2, 0) is 11.3 Å². The Morgan fingerprint density at radius 1 is 1.08 bits per heavy atom. The predicted molar refractivity (Wildman–Crippen MR) is 102 cm³/mol. The lowest BCUT2D eigenvalue weighted by molar-refractivity contribution is -0.121. The fourth-order valence-corrected chi connectivity index (χ4v) is 2.74. The highest BCUT2D eigenvalue weighted by atomic mass is 16.5. The van der Waals surface area contributed by atoms with Gasteiger partial charge in [-0.25, -0.2) is 5.43 Å². The van der Waals surface area contributed by atoms with E-state index < -0.39 is 0 Å². The molecular formula is C20H21N3O3. The molecule has 0 aliphatic heterocycles. The van der Waals surface area contributed by atoms with Crippen LogP contribution in [-0.4, -0.2) is 30.4 Å². The summed E-state index contributed by atoms with van der Waals surface area (Å²) in [6.07, 6.45) is 1.90. The molecule has 0 saturated carbocycles. The number of nitrogens with one attached hydrogen (secondary N) is 1. The number of rotatable bonds is 6. The fraction of sp³-hybridized carbons (Fsp3) is 0.200. The number of para-hydroxylation sites is 1. The minimum absolute atomic E-state index is 0.189. The van der Waals surface area contributed by atoms with Crippen LogP contribution in [0.2, 0.25) is 0 Å². The van der Waals surface area contributed by atoms with E-state index in [0.29, 0.717) is 17.2 Å². The number of nitrogens with zero attached hydrogens (tertiary/aromatic N) is 2. The van der Waals surface area contributed by atoms with E-state index in [2.05, 4.69) is 10.5 Å². The van der Waals surface area contributed by atoms with Gasteiger partial charge in [0.15, 0.2) is 11.5 Å². The van der Waals surface area contributed by atoms with E-state index in [4.69, 9.17) is 9.47 Å². The molecule has 0 radical (unpaired) electrons. The van der Waals surface area contributed by atoms with Gasteiger partial charge in [0.1, 0.15) is 6.54 Å². The standard InChI is InChI=1S/C20H21N3O3/c1-14(16-8-9-18(25-2)19(12-16)26-3)21-22-20(24)13-23-11-10-15-6-4-5-7-17(15)23/h4-12H,13H2,1-3H3,(H,22,24)/b21-14-. The summed E-state index contributed by atoms with van der Waals surface area (Å²) in [6, 6.07) is 15.4. The third kappa shape index (κ3) is 3.69. The zero-order valence-electron chi connectivity index (χ0n) is 15.0. The van der Waals surface area contributed by atoms with E-state index in [9.17, 15) is 4.79 Å². The number of carbonyl (C=O) groups is 1. The topological polar surface area (TPSA) is 64.8 Å². The number of amides is 1. The minimum atomic E-state index is -0.189. The van der Waals surface area contributed by atoms with Gasteiger partial charge in [0.05, 0.1) is 19.9 Å². The number of methoxy groups -OCH3 is 2. The van der Waals surface area contributed by atoms with E-state index in [1.165, 1.54) is 0 Å². The van der Waals surface area contributed by atoms with E-state index >= 15 is 0 Å². The quantitative estimate of drug-likeness (QED) is 0.548. The van der Waals surface area contributed by atoms with Crippen LogP contribution in [0.4, 0.5) is 0 Å².